The van der Waals surface area contributed by atoms with Gasteiger partial charge in [-0.05, 0) is 64.0 Å². The third-order valence-corrected chi connectivity index (χ3v) is 6.89. The van der Waals surface area contributed by atoms with Gasteiger partial charge in [-0.3, -0.25) is 4.79 Å². The van der Waals surface area contributed by atoms with Gasteiger partial charge in [0.25, 0.3) is 5.91 Å². The molecule has 4 aromatic rings. The summed E-state index contributed by atoms with van der Waals surface area (Å²) in [5, 5.41) is 15.3. The van der Waals surface area contributed by atoms with Gasteiger partial charge in [-0.2, -0.15) is 10.1 Å². The van der Waals surface area contributed by atoms with E-state index >= 15 is 0 Å². The fourth-order valence-electron chi connectivity index (χ4n) is 3.99. The predicted octanol–water partition coefficient (Wildman–Crippen LogP) is 7.32. The van der Waals surface area contributed by atoms with Crippen LogP contribution >= 0.6 is 31.9 Å². The predicted molar refractivity (Wildman–Crippen MR) is 154 cm³/mol. The Bertz CT molecular complexity index is 1570. The molecular weight excluding hydrogens is 612 g/mol. The Hall–Kier alpha value is -4.01. The molecule has 1 heterocycles. The summed E-state index contributed by atoms with van der Waals surface area (Å²) in [5.74, 6) is -0.688. The standard InChI is InChI=1S/C30H20Br2N2O4/c31-23-15-22(28(26(32)17-23)38-18-19-11-13-21(14-12-19)30(36)37)16-25-27(20-7-3-1-4-8-20)33-34(29(25)35)24-9-5-2-6-10-24/h1-17H,18H2,(H,36,37)/b25-16-. The number of amides is 1. The lowest BCUT2D eigenvalue weighted by atomic mass is 10.00. The molecule has 0 saturated carbocycles. The molecule has 0 radical (unpaired) electrons. The highest BCUT2D eigenvalue weighted by molar-refractivity contribution is 9.11. The zero-order valence-corrected chi connectivity index (χ0v) is 23.0. The first kappa shape index (κ1) is 25.6. The van der Waals surface area contributed by atoms with Gasteiger partial charge in [0.15, 0.2) is 0 Å². The largest absolute Gasteiger partial charge is 0.487 e. The van der Waals surface area contributed by atoms with Crippen LogP contribution in [0.15, 0.2) is 117 Å². The van der Waals surface area contributed by atoms with Crippen molar-refractivity contribution < 1.29 is 19.4 Å². The molecule has 0 saturated heterocycles. The number of nitrogens with zero attached hydrogens (tertiary/aromatic N) is 2. The van der Waals surface area contributed by atoms with Crippen LogP contribution in [0, 0.1) is 0 Å². The van der Waals surface area contributed by atoms with E-state index in [0.29, 0.717) is 32.8 Å². The number of carbonyl (C=O) groups is 2. The molecule has 0 atom stereocenters. The summed E-state index contributed by atoms with van der Waals surface area (Å²) < 4.78 is 7.69. The molecule has 0 aromatic heterocycles. The smallest absolute Gasteiger partial charge is 0.335 e. The van der Waals surface area contributed by atoms with Gasteiger partial charge in [-0.25, -0.2) is 4.79 Å². The Morgan fingerprint density at radius 3 is 2.24 bits per heavy atom. The molecule has 0 unspecified atom stereocenters. The first-order valence-corrected chi connectivity index (χ1v) is 13.2. The molecule has 0 aliphatic carbocycles. The zero-order valence-electron chi connectivity index (χ0n) is 19.8. The van der Waals surface area contributed by atoms with E-state index in [1.807, 2.05) is 72.8 Å². The van der Waals surface area contributed by atoms with Crippen molar-refractivity contribution in [3.8, 4) is 5.75 Å². The average molecular weight is 632 g/mol. The topological polar surface area (TPSA) is 79.2 Å². The molecule has 0 fully saturated rings. The first-order chi connectivity index (χ1) is 18.4. The molecular formula is C30H20Br2N2O4. The SMILES string of the molecule is O=C(O)c1ccc(COc2c(Br)cc(Br)cc2/C=C2\C(=O)N(c3ccccc3)N=C2c2ccccc2)cc1. The number of para-hydroxylation sites is 1. The van der Waals surface area contributed by atoms with Crippen LogP contribution in [0.4, 0.5) is 5.69 Å². The van der Waals surface area contributed by atoms with Gasteiger partial charge >= 0.3 is 5.97 Å². The minimum absolute atomic E-state index is 0.208. The lowest BCUT2D eigenvalue weighted by Gasteiger charge is -2.14. The second kappa shape index (κ2) is 11.2. The van der Waals surface area contributed by atoms with E-state index in [9.17, 15) is 9.59 Å². The maximum absolute atomic E-state index is 13.7. The quantitative estimate of drug-likeness (QED) is 0.217. The number of carboxylic acid groups (broad SMARTS) is 1. The summed E-state index contributed by atoms with van der Waals surface area (Å²) >= 11 is 7.13. The summed E-state index contributed by atoms with van der Waals surface area (Å²) in [4.78, 5) is 24.8. The van der Waals surface area contributed by atoms with Crippen LogP contribution in [0.2, 0.25) is 0 Å². The highest BCUT2D eigenvalue weighted by Gasteiger charge is 2.32. The van der Waals surface area contributed by atoms with Crippen LogP contribution in [0.5, 0.6) is 5.75 Å². The van der Waals surface area contributed by atoms with Gasteiger partial charge in [0.05, 0.1) is 21.3 Å². The van der Waals surface area contributed by atoms with E-state index < -0.39 is 5.97 Å². The number of anilines is 1. The summed E-state index contributed by atoms with van der Waals surface area (Å²) in [6.07, 6.45) is 1.79. The maximum atomic E-state index is 13.7. The third kappa shape index (κ3) is 5.46. The second-order valence-electron chi connectivity index (χ2n) is 8.42. The Morgan fingerprint density at radius 1 is 0.921 bits per heavy atom. The average Bonchev–Trinajstić information content (AvgIpc) is 3.25. The number of hydrazone groups is 1. The van der Waals surface area contributed by atoms with Gasteiger partial charge in [0.1, 0.15) is 18.1 Å². The number of rotatable bonds is 7. The van der Waals surface area contributed by atoms with Crippen molar-refractivity contribution in [3.05, 3.63) is 134 Å². The van der Waals surface area contributed by atoms with Crippen molar-refractivity contribution in [1.82, 2.24) is 0 Å². The van der Waals surface area contributed by atoms with Crippen LogP contribution in [0.3, 0.4) is 0 Å². The normalized spacial score (nSPS) is 14.1. The minimum Gasteiger partial charge on any atom is -0.487 e. The van der Waals surface area contributed by atoms with Crippen molar-refractivity contribution in [3.63, 3.8) is 0 Å². The summed E-state index contributed by atoms with van der Waals surface area (Å²) in [7, 11) is 0. The lowest BCUT2D eigenvalue weighted by molar-refractivity contribution is -0.114. The van der Waals surface area contributed by atoms with Gasteiger partial charge < -0.3 is 9.84 Å². The summed E-state index contributed by atoms with van der Waals surface area (Å²) in [6, 6.07) is 29.1. The van der Waals surface area contributed by atoms with Crippen LogP contribution in [-0.4, -0.2) is 22.7 Å². The zero-order chi connectivity index (χ0) is 26.6. The van der Waals surface area contributed by atoms with Crippen molar-refractivity contribution in [2.45, 2.75) is 6.61 Å². The molecule has 6 nitrogen and oxygen atoms in total. The Morgan fingerprint density at radius 2 is 1.58 bits per heavy atom. The minimum atomic E-state index is -0.983. The number of carboxylic acids is 1. The molecule has 4 aromatic carbocycles. The van der Waals surface area contributed by atoms with E-state index in [4.69, 9.17) is 14.9 Å². The van der Waals surface area contributed by atoms with Crippen LogP contribution in [0.25, 0.3) is 6.08 Å². The van der Waals surface area contributed by atoms with Gasteiger partial charge in [0.2, 0.25) is 0 Å². The Kier molecular flexibility index (Phi) is 7.53. The summed E-state index contributed by atoms with van der Waals surface area (Å²) in [6.45, 7) is 0.208. The first-order valence-electron chi connectivity index (χ1n) is 11.6. The van der Waals surface area contributed by atoms with Crippen molar-refractivity contribution >= 4 is 61.2 Å². The fourth-order valence-corrected chi connectivity index (χ4v) is 5.37. The van der Waals surface area contributed by atoms with E-state index in [1.165, 1.54) is 5.01 Å². The van der Waals surface area contributed by atoms with Crippen molar-refractivity contribution in [1.29, 1.82) is 0 Å². The highest BCUT2D eigenvalue weighted by atomic mass is 79.9. The van der Waals surface area contributed by atoms with Gasteiger partial charge in [-0.1, -0.05) is 76.6 Å². The fraction of sp³-hybridized carbons (Fsp3) is 0.0333. The Balaban J connectivity index is 1.54. The molecule has 8 heteroatoms. The lowest BCUT2D eigenvalue weighted by Crippen LogP contribution is -2.21. The second-order valence-corrected chi connectivity index (χ2v) is 10.2. The van der Waals surface area contributed by atoms with Crippen LogP contribution < -0.4 is 9.75 Å². The molecule has 1 N–H and O–H groups in total. The molecule has 1 aliphatic heterocycles. The van der Waals surface area contributed by atoms with E-state index in [1.54, 1.807) is 30.3 Å². The molecule has 1 aliphatic rings. The van der Waals surface area contributed by atoms with Crippen LogP contribution in [0.1, 0.15) is 27.0 Å². The number of aromatic carboxylic acids is 1. The molecule has 5 rings (SSSR count). The number of benzene rings is 4. The molecule has 1 amide bonds. The number of hydrogen-bond acceptors (Lipinski definition) is 4. The third-order valence-electron chi connectivity index (χ3n) is 5.85. The van der Waals surface area contributed by atoms with Gasteiger partial charge in [-0.15, -0.1) is 0 Å². The van der Waals surface area contributed by atoms with E-state index in [0.717, 1.165) is 15.6 Å². The summed E-state index contributed by atoms with van der Waals surface area (Å²) in [5.41, 5.74) is 4.18. The molecule has 0 bridgehead atoms. The molecule has 38 heavy (non-hydrogen) atoms. The number of ether oxygens (including phenoxy) is 1. The molecule has 188 valence electrons. The van der Waals surface area contributed by atoms with Crippen molar-refractivity contribution in [2.75, 3.05) is 5.01 Å². The van der Waals surface area contributed by atoms with Gasteiger partial charge in [0, 0.05) is 15.6 Å². The van der Waals surface area contributed by atoms with E-state index in [-0.39, 0.29) is 18.1 Å². The number of carbonyl (C=O) groups excluding carboxylic acids is 1. The van der Waals surface area contributed by atoms with Crippen molar-refractivity contribution in [2.24, 2.45) is 5.10 Å². The monoisotopic (exact) mass is 630 g/mol. The Labute approximate surface area is 236 Å². The molecule has 0 spiro atoms. The highest BCUT2D eigenvalue weighted by Crippen LogP contribution is 2.37. The van der Waals surface area contributed by atoms with Crippen LogP contribution in [-0.2, 0) is 11.4 Å². The number of halogens is 2. The van der Waals surface area contributed by atoms with E-state index in [2.05, 4.69) is 31.9 Å². The number of hydrogen-bond donors (Lipinski definition) is 1. The maximum Gasteiger partial charge on any atom is 0.335 e.